The van der Waals surface area contributed by atoms with Gasteiger partial charge in [-0.05, 0) is 24.7 Å². The molecule has 16 heavy (non-hydrogen) atoms. The standard InChI is InChI=1S/C14H23NS/c1-11(2)12(3)15-14(10-16-4)13-8-6-5-7-9-13/h5-9,11-12,14-15H,10H2,1-4H3. The maximum absolute atomic E-state index is 3.71. The van der Waals surface area contributed by atoms with E-state index < -0.39 is 0 Å². The van der Waals surface area contributed by atoms with Gasteiger partial charge >= 0.3 is 0 Å². The van der Waals surface area contributed by atoms with E-state index in [0.717, 1.165) is 5.75 Å². The van der Waals surface area contributed by atoms with E-state index in [1.54, 1.807) is 0 Å². The molecule has 0 aliphatic rings. The van der Waals surface area contributed by atoms with Gasteiger partial charge in [-0.3, -0.25) is 0 Å². The van der Waals surface area contributed by atoms with Gasteiger partial charge in [0, 0.05) is 17.8 Å². The summed E-state index contributed by atoms with van der Waals surface area (Å²) in [4.78, 5) is 0. The third-order valence-corrected chi connectivity index (χ3v) is 3.67. The molecule has 0 saturated carbocycles. The SMILES string of the molecule is CSCC(NC(C)C(C)C)c1ccccc1. The van der Waals surface area contributed by atoms with E-state index in [0.29, 0.717) is 18.0 Å². The lowest BCUT2D eigenvalue weighted by Crippen LogP contribution is -2.35. The number of thioether (sulfide) groups is 1. The van der Waals surface area contributed by atoms with Crippen LogP contribution in [0.25, 0.3) is 0 Å². The molecule has 2 atom stereocenters. The van der Waals surface area contributed by atoms with Crippen LogP contribution in [0.5, 0.6) is 0 Å². The lowest BCUT2D eigenvalue weighted by atomic mass is 10.0. The van der Waals surface area contributed by atoms with E-state index in [1.807, 2.05) is 11.8 Å². The van der Waals surface area contributed by atoms with Gasteiger partial charge in [-0.1, -0.05) is 44.2 Å². The molecule has 0 fully saturated rings. The summed E-state index contributed by atoms with van der Waals surface area (Å²) in [6, 6.07) is 11.7. The van der Waals surface area contributed by atoms with Crippen LogP contribution in [0.2, 0.25) is 0 Å². The highest BCUT2D eigenvalue weighted by Crippen LogP contribution is 2.18. The summed E-state index contributed by atoms with van der Waals surface area (Å²) in [7, 11) is 0. The number of benzene rings is 1. The van der Waals surface area contributed by atoms with Gasteiger partial charge in [-0.2, -0.15) is 11.8 Å². The molecular weight excluding hydrogens is 214 g/mol. The molecule has 0 saturated heterocycles. The molecule has 0 aromatic heterocycles. The number of nitrogens with one attached hydrogen (secondary N) is 1. The topological polar surface area (TPSA) is 12.0 Å². The van der Waals surface area contributed by atoms with Crippen molar-refractivity contribution in [2.24, 2.45) is 5.92 Å². The highest BCUT2D eigenvalue weighted by molar-refractivity contribution is 7.98. The molecule has 90 valence electrons. The summed E-state index contributed by atoms with van der Waals surface area (Å²) < 4.78 is 0. The van der Waals surface area contributed by atoms with Crippen molar-refractivity contribution >= 4 is 11.8 Å². The first-order chi connectivity index (χ1) is 7.65. The summed E-state index contributed by atoms with van der Waals surface area (Å²) in [6.45, 7) is 6.79. The quantitative estimate of drug-likeness (QED) is 0.809. The van der Waals surface area contributed by atoms with Crippen molar-refractivity contribution in [1.29, 1.82) is 0 Å². The molecule has 1 N–H and O–H groups in total. The predicted molar refractivity (Wildman–Crippen MR) is 75.0 cm³/mol. The molecule has 0 spiro atoms. The minimum absolute atomic E-state index is 0.466. The van der Waals surface area contributed by atoms with E-state index in [1.165, 1.54) is 5.56 Å². The molecule has 1 aromatic carbocycles. The Morgan fingerprint density at radius 2 is 1.75 bits per heavy atom. The van der Waals surface area contributed by atoms with Crippen molar-refractivity contribution in [3.63, 3.8) is 0 Å². The van der Waals surface area contributed by atoms with Gasteiger partial charge in [0.05, 0.1) is 0 Å². The number of rotatable bonds is 6. The molecular formula is C14H23NS. The first kappa shape index (κ1) is 13.6. The highest BCUT2D eigenvalue weighted by Gasteiger charge is 2.15. The largest absolute Gasteiger partial charge is 0.306 e. The van der Waals surface area contributed by atoms with Crippen molar-refractivity contribution in [2.45, 2.75) is 32.9 Å². The van der Waals surface area contributed by atoms with Crippen molar-refractivity contribution in [3.8, 4) is 0 Å². The zero-order valence-electron chi connectivity index (χ0n) is 10.7. The summed E-state index contributed by atoms with van der Waals surface area (Å²) in [6.07, 6.45) is 2.16. The van der Waals surface area contributed by atoms with Gasteiger partial charge in [0.15, 0.2) is 0 Å². The van der Waals surface area contributed by atoms with Crippen LogP contribution in [0.1, 0.15) is 32.4 Å². The summed E-state index contributed by atoms with van der Waals surface area (Å²) in [5, 5.41) is 3.71. The fraction of sp³-hybridized carbons (Fsp3) is 0.571. The normalized spacial score (nSPS) is 15.1. The molecule has 0 bridgehead atoms. The number of hydrogen-bond donors (Lipinski definition) is 1. The second-order valence-corrected chi connectivity index (χ2v) is 5.53. The van der Waals surface area contributed by atoms with Crippen LogP contribution in [0, 0.1) is 5.92 Å². The van der Waals surface area contributed by atoms with Crippen LogP contribution in [-0.2, 0) is 0 Å². The van der Waals surface area contributed by atoms with E-state index >= 15 is 0 Å². The lowest BCUT2D eigenvalue weighted by Gasteiger charge is -2.25. The molecule has 0 amide bonds. The highest BCUT2D eigenvalue weighted by atomic mass is 32.2. The number of hydrogen-bond acceptors (Lipinski definition) is 2. The molecule has 0 radical (unpaired) electrons. The van der Waals surface area contributed by atoms with Crippen LogP contribution in [-0.4, -0.2) is 18.1 Å². The zero-order valence-corrected chi connectivity index (χ0v) is 11.6. The monoisotopic (exact) mass is 237 g/mol. The average Bonchev–Trinajstić information content (AvgIpc) is 2.29. The Morgan fingerprint density at radius 3 is 2.25 bits per heavy atom. The molecule has 2 heteroatoms. The van der Waals surface area contributed by atoms with Crippen molar-refractivity contribution < 1.29 is 0 Å². The Bertz CT molecular complexity index is 284. The second kappa shape index (κ2) is 6.97. The summed E-state index contributed by atoms with van der Waals surface area (Å²) in [5.41, 5.74) is 1.39. The van der Waals surface area contributed by atoms with Crippen LogP contribution < -0.4 is 5.32 Å². The first-order valence-electron chi connectivity index (χ1n) is 5.95. The average molecular weight is 237 g/mol. The zero-order chi connectivity index (χ0) is 12.0. The molecule has 0 aliphatic heterocycles. The maximum atomic E-state index is 3.71. The van der Waals surface area contributed by atoms with Crippen LogP contribution in [0.3, 0.4) is 0 Å². The van der Waals surface area contributed by atoms with Gasteiger partial charge in [0.1, 0.15) is 0 Å². The molecule has 0 heterocycles. The van der Waals surface area contributed by atoms with Gasteiger partial charge < -0.3 is 5.32 Å². The molecule has 1 nitrogen and oxygen atoms in total. The third kappa shape index (κ3) is 4.18. The Hall–Kier alpha value is -0.470. The van der Waals surface area contributed by atoms with E-state index in [9.17, 15) is 0 Å². The summed E-state index contributed by atoms with van der Waals surface area (Å²) >= 11 is 1.90. The minimum atomic E-state index is 0.466. The van der Waals surface area contributed by atoms with Gasteiger partial charge in [-0.25, -0.2) is 0 Å². The molecule has 1 rings (SSSR count). The fourth-order valence-corrected chi connectivity index (χ4v) is 2.22. The van der Waals surface area contributed by atoms with Gasteiger partial charge in [0.25, 0.3) is 0 Å². The lowest BCUT2D eigenvalue weighted by molar-refractivity contribution is 0.391. The third-order valence-electron chi connectivity index (χ3n) is 3.00. The van der Waals surface area contributed by atoms with Crippen LogP contribution in [0.4, 0.5) is 0 Å². The Labute approximate surface area is 104 Å². The minimum Gasteiger partial charge on any atom is -0.306 e. The van der Waals surface area contributed by atoms with Crippen LogP contribution >= 0.6 is 11.8 Å². The van der Waals surface area contributed by atoms with Gasteiger partial charge in [0.2, 0.25) is 0 Å². The van der Waals surface area contributed by atoms with E-state index in [-0.39, 0.29) is 0 Å². The Balaban J connectivity index is 2.68. The van der Waals surface area contributed by atoms with Crippen LogP contribution in [0.15, 0.2) is 30.3 Å². The van der Waals surface area contributed by atoms with Gasteiger partial charge in [-0.15, -0.1) is 0 Å². The predicted octanol–water partition coefficient (Wildman–Crippen LogP) is 3.72. The molecule has 1 aromatic rings. The second-order valence-electron chi connectivity index (χ2n) is 4.62. The fourth-order valence-electron chi connectivity index (χ4n) is 1.60. The van der Waals surface area contributed by atoms with Crippen molar-refractivity contribution in [3.05, 3.63) is 35.9 Å². The smallest absolute Gasteiger partial charge is 0.0413 e. The Morgan fingerprint density at radius 1 is 1.12 bits per heavy atom. The molecule has 2 unspecified atom stereocenters. The maximum Gasteiger partial charge on any atom is 0.0413 e. The molecule has 0 aliphatic carbocycles. The van der Waals surface area contributed by atoms with Crippen molar-refractivity contribution in [2.75, 3.05) is 12.0 Å². The van der Waals surface area contributed by atoms with Crippen molar-refractivity contribution in [1.82, 2.24) is 5.32 Å². The van der Waals surface area contributed by atoms with E-state index in [4.69, 9.17) is 0 Å². The first-order valence-corrected chi connectivity index (χ1v) is 7.34. The van der Waals surface area contributed by atoms with E-state index in [2.05, 4.69) is 62.7 Å². The summed E-state index contributed by atoms with van der Waals surface area (Å²) in [5.74, 6) is 1.80. The Kier molecular flexibility index (Phi) is 5.93.